The Labute approximate surface area is 181 Å². The zero-order valence-electron chi connectivity index (χ0n) is 17.4. The Balaban J connectivity index is 1.71. The molecule has 6 nitrogen and oxygen atoms in total. The van der Waals surface area contributed by atoms with E-state index in [1.54, 1.807) is 6.92 Å². The molecule has 0 fully saturated rings. The Kier molecular flexibility index (Phi) is 6.07. The second-order valence-electron chi connectivity index (χ2n) is 7.49. The number of hydrogen-bond acceptors (Lipinski definition) is 6. The van der Waals surface area contributed by atoms with Gasteiger partial charge < -0.3 is 19.9 Å². The average Bonchev–Trinajstić information content (AvgIpc) is 2.78. The van der Waals surface area contributed by atoms with E-state index >= 15 is 0 Å². The number of rotatable bonds is 6. The number of ether oxygens (including phenoxy) is 3. The van der Waals surface area contributed by atoms with Crippen molar-refractivity contribution in [2.45, 2.75) is 38.7 Å². The van der Waals surface area contributed by atoms with Gasteiger partial charge in [0.05, 0.1) is 12.5 Å². The van der Waals surface area contributed by atoms with Crippen molar-refractivity contribution in [3.05, 3.63) is 88.5 Å². The van der Waals surface area contributed by atoms with Crippen LogP contribution in [0.4, 0.5) is 0 Å². The molecule has 31 heavy (non-hydrogen) atoms. The third kappa shape index (κ3) is 4.33. The molecular formula is C25H25NO5. The van der Waals surface area contributed by atoms with Crippen LogP contribution < -0.4 is 10.5 Å². The highest BCUT2D eigenvalue weighted by Crippen LogP contribution is 2.44. The van der Waals surface area contributed by atoms with Crippen molar-refractivity contribution in [3.63, 3.8) is 0 Å². The molecule has 0 spiro atoms. The lowest BCUT2D eigenvalue weighted by molar-refractivity contribution is -0.139. The van der Waals surface area contributed by atoms with Gasteiger partial charge in [0.2, 0.25) is 5.88 Å². The van der Waals surface area contributed by atoms with Crippen molar-refractivity contribution in [2.75, 3.05) is 6.61 Å². The predicted molar refractivity (Wildman–Crippen MR) is 115 cm³/mol. The third-order valence-electron chi connectivity index (χ3n) is 5.42. The Hall–Kier alpha value is -3.54. The Morgan fingerprint density at radius 1 is 1.13 bits per heavy atom. The van der Waals surface area contributed by atoms with Gasteiger partial charge in [-0.15, -0.1) is 0 Å². The highest BCUT2D eigenvalue weighted by atomic mass is 16.5. The van der Waals surface area contributed by atoms with Crippen LogP contribution in [0.1, 0.15) is 43.2 Å². The summed E-state index contributed by atoms with van der Waals surface area (Å²) in [5, 5.41) is 0. The lowest BCUT2D eigenvalue weighted by atomic mass is 9.77. The van der Waals surface area contributed by atoms with E-state index in [1.807, 2.05) is 54.6 Å². The first kappa shape index (κ1) is 20.7. The van der Waals surface area contributed by atoms with E-state index in [1.165, 1.54) is 0 Å². The summed E-state index contributed by atoms with van der Waals surface area (Å²) in [6, 6.07) is 17.2. The fraction of sp³-hybridized carbons (Fsp3) is 0.280. The number of carbonyl (C=O) groups is 2. The molecule has 160 valence electrons. The standard InChI is InChI=1S/C25H25NO5/c1-2-29-25(28)23-21(22-19(27)12-7-13-20(22)31-24(23)26)17-10-6-11-18(14-17)30-15-16-8-4-3-5-9-16/h3-6,8-11,14,21H,2,7,12-13,15,26H2,1H3/t21-/m1/s1. The highest BCUT2D eigenvalue weighted by molar-refractivity contribution is 6.03. The minimum Gasteiger partial charge on any atom is -0.489 e. The number of allylic oxidation sites excluding steroid dienone is 2. The summed E-state index contributed by atoms with van der Waals surface area (Å²) in [5.41, 5.74) is 8.58. The molecule has 0 bridgehead atoms. The molecule has 1 aliphatic carbocycles. The average molecular weight is 419 g/mol. The maximum Gasteiger partial charge on any atom is 0.340 e. The second kappa shape index (κ2) is 9.08. The molecule has 0 radical (unpaired) electrons. The lowest BCUT2D eigenvalue weighted by Crippen LogP contribution is -2.31. The number of ketones is 1. The number of Topliss-reactive ketones (excluding diaryl/α,β-unsaturated/α-hetero) is 1. The molecule has 2 aromatic rings. The first-order chi connectivity index (χ1) is 15.1. The van der Waals surface area contributed by atoms with Crippen LogP contribution in [0.2, 0.25) is 0 Å². The molecule has 1 heterocycles. The van der Waals surface area contributed by atoms with Crippen molar-refractivity contribution >= 4 is 11.8 Å². The van der Waals surface area contributed by atoms with Gasteiger partial charge in [-0.05, 0) is 36.6 Å². The molecule has 0 saturated heterocycles. The SMILES string of the molecule is CCOC(=O)C1=C(N)OC2=C(C(=O)CCC2)[C@H]1c1cccc(OCc2ccccc2)c1. The molecule has 0 unspecified atom stereocenters. The second-order valence-corrected chi connectivity index (χ2v) is 7.49. The van der Waals surface area contributed by atoms with E-state index < -0.39 is 11.9 Å². The zero-order chi connectivity index (χ0) is 21.8. The smallest absolute Gasteiger partial charge is 0.340 e. The summed E-state index contributed by atoms with van der Waals surface area (Å²) in [7, 11) is 0. The van der Waals surface area contributed by atoms with Crippen molar-refractivity contribution in [1.29, 1.82) is 0 Å². The van der Waals surface area contributed by atoms with Gasteiger partial charge in [-0.25, -0.2) is 4.79 Å². The van der Waals surface area contributed by atoms with E-state index in [0.29, 0.717) is 43.0 Å². The predicted octanol–water partition coefficient (Wildman–Crippen LogP) is 4.12. The van der Waals surface area contributed by atoms with Crippen LogP contribution >= 0.6 is 0 Å². The molecule has 0 saturated carbocycles. The normalized spacial score (nSPS) is 18.4. The van der Waals surface area contributed by atoms with Crippen LogP contribution in [0.5, 0.6) is 5.75 Å². The van der Waals surface area contributed by atoms with Gasteiger partial charge in [0.1, 0.15) is 23.7 Å². The minimum absolute atomic E-state index is 0.00694. The van der Waals surface area contributed by atoms with Crippen LogP contribution in [0.25, 0.3) is 0 Å². The molecule has 2 aliphatic rings. The first-order valence-electron chi connectivity index (χ1n) is 10.5. The van der Waals surface area contributed by atoms with Crippen LogP contribution in [-0.4, -0.2) is 18.4 Å². The topological polar surface area (TPSA) is 87.9 Å². The monoisotopic (exact) mass is 419 g/mol. The maximum atomic E-state index is 12.9. The summed E-state index contributed by atoms with van der Waals surface area (Å²) < 4.78 is 16.9. The molecule has 1 atom stereocenters. The molecule has 0 amide bonds. The third-order valence-corrected chi connectivity index (χ3v) is 5.42. The highest BCUT2D eigenvalue weighted by Gasteiger charge is 2.41. The zero-order valence-corrected chi connectivity index (χ0v) is 17.4. The van der Waals surface area contributed by atoms with Crippen molar-refractivity contribution in [2.24, 2.45) is 5.73 Å². The van der Waals surface area contributed by atoms with Crippen LogP contribution in [0, 0.1) is 0 Å². The van der Waals surface area contributed by atoms with Gasteiger partial charge in [-0.3, -0.25) is 4.79 Å². The molecule has 0 aromatic heterocycles. The van der Waals surface area contributed by atoms with Gasteiger partial charge in [0.15, 0.2) is 5.78 Å². The van der Waals surface area contributed by atoms with Crippen LogP contribution in [-0.2, 0) is 25.7 Å². The van der Waals surface area contributed by atoms with Gasteiger partial charge in [0.25, 0.3) is 0 Å². The van der Waals surface area contributed by atoms with Gasteiger partial charge in [-0.1, -0.05) is 42.5 Å². The molecule has 2 N–H and O–H groups in total. The quantitative estimate of drug-likeness (QED) is 0.709. The summed E-state index contributed by atoms with van der Waals surface area (Å²) in [6.45, 7) is 2.33. The fourth-order valence-corrected chi connectivity index (χ4v) is 4.02. The minimum atomic E-state index is -0.643. The molecule has 2 aromatic carbocycles. The molecule has 1 aliphatic heterocycles. The van der Waals surface area contributed by atoms with Crippen molar-refractivity contribution < 1.29 is 23.8 Å². The van der Waals surface area contributed by atoms with Crippen molar-refractivity contribution in [3.8, 4) is 5.75 Å². The summed E-state index contributed by atoms with van der Waals surface area (Å²) in [6.07, 6.45) is 1.73. The number of benzene rings is 2. The van der Waals surface area contributed by atoms with Gasteiger partial charge in [0, 0.05) is 18.4 Å². The summed E-state index contributed by atoms with van der Waals surface area (Å²) >= 11 is 0. The molecular weight excluding hydrogens is 394 g/mol. The first-order valence-corrected chi connectivity index (χ1v) is 10.5. The van der Waals surface area contributed by atoms with E-state index in [2.05, 4.69) is 0 Å². The van der Waals surface area contributed by atoms with Crippen molar-refractivity contribution in [1.82, 2.24) is 0 Å². The van der Waals surface area contributed by atoms with E-state index in [0.717, 1.165) is 11.1 Å². The number of hydrogen-bond donors (Lipinski definition) is 1. The largest absolute Gasteiger partial charge is 0.489 e. The Bertz CT molecular complexity index is 1050. The van der Waals surface area contributed by atoms with Gasteiger partial charge in [-0.2, -0.15) is 0 Å². The Morgan fingerprint density at radius 2 is 1.94 bits per heavy atom. The number of esters is 1. The van der Waals surface area contributed by atoms with Crippen LogP contribution in [0.3, 0.4) is 0 Å². The maximum absolute atomic E-state index is 12.9. The Morgan fingerprint density at radius 3 is 2.71 bits per heavy atom. The lowest BCUT2D eigenvalue weighted by Gasteiger charge is -2.32. The summed E-state index contributed by atoms with van der Waals surface area (Å²) in [5.74, 6) is -0.0764. The van der Waals surface area contributed by atoms with E-state index in [-0.39, 0.29) is 23.8 Å². The molecule has 6 heteroatoms. The van der Waals surface area contributed by atoms with E-state index in [4.69, 9.17) is 19.9 Å². The number of carbonyl (C=O) groups excluding carboxylic acids is 2. The fourth-order valence-electron chi connectivity index (χ4n) is 4.02. The summed E-state index contributed by atoms with van der Waals surface area (Å²) in [4.78, 5) is 25.6. The van der Waals surface area contributed by atoms with Gasteiger partial charge >= 0.3 is 5.97 Å². The van der Waals surface area contributed by atoms with E-state index in [9.17, 15) is 9.59 Å². The number of nitrogens with two attached hydrogens (primary N) is 1. The molecule has 4 rings (SSSR count). The van der Waals surface area contributed by atoms with Crippen LogP contribution in [0.15, 0.2) is 77.4 Å².